The van der Waals surface area contributed by atoms with Crippen molar-refractivity contribution in [2.45, 2.75) is 151 Å². The molecule has 0 aliphatic carbocycles. The molecule has 4 aromatic carbocycles. The van der Waals surface area contributed by atoms with Gasteiger partial charge in [0.05, 0.1) is 19.8 Å². The van der Waals surface area contributed by atoms with Crippen LogP contribution in [-0.2, 0) is 44.8 Å². The highest BCUT2D eigenvalue weighted by molar-refractivity contribution is 6.08. The Kier molecular flexibility index (Phi) is 20.2. The largest absolute Gasteiger partial charge is 0.450 e. The quantitative estimate of drug-likeness (QED) is 0.116. The first-order chi connectivity index (χ1) is 44.9. The number of hydrogen-bond acceptors (Lipinski definition) is 12. The van der Waals surface area contributed by atoms with Crippen molar-refractivity contribution in [3.63, 3.8) is 0 Å². The molecule has 21 heteroatoms. The number of rotatable bonds is 9. The molecule has 3 unspecified atom stereocenters. The van der Waals surface area contributed by atoms with Crippen molar-refractivity contribution in [3.05, 3.63) is 124 Å². The van der Waals surface area contributed by atoms with Gasteiger partial charge < -0.3 is 58.1 Å². The topological polar surface area (TPSA) is 148 Å². The molecule has 10 aliphatic rings. The Morgan fingerprint density at radius 1 is 0.527 bits per heavy atom. The maximum atomic E-state index is 14.3. The molecule has 4 aromatic rings. The van der Waals surface area contributed by atoms with E-state index in [1.807, 2.05) is 21.6 Å². The molecule has 3 atom stereocenters. The fourth-order valence-electron chi connectivity index (χ4n) is 17.5. The van der Waals surface area contributed by atoms with E-state index in [9.17, 15) is 41.5 Å². The number of anilines is 3. The molecule has 14 rings (SSSR count). The van der Waals surface area contributed by atoms with E-state index in [4.69, 9.17) is 18.9 Å². The lowest BCUT2D eigenvalue weighted by molar-refractivity contribution is -0.117. The number of carbonyl (C=O) groups excluding carboxylic acids is 5. The average Bonchev–Trinajstić information content (AvgIpc) is 1.62. The molecule has 2 bridgehead atoms. The molecule has 0 N–H and O–H groups in total. The van der Waals surface area contributed by atoms with E-state index < -0.39 is 0 Å². The number of benzene rings is 4. The van der Waals surface area contributed by atoms with Crippen LogP contribution in [0.4, 0.5) is 44.2 Å². The Labute approximate surface area is 544 Å². The molecule has 17 nitrogen and oxygen atoms in total. The van der Waals surface area contributed by atoms with Crippen LogP contribution < -0.4 is 14.7 Å². The summed E-state index contributed by atoms with van der Waals surface area (Å²) in [7, 11) is 1.60. The van der Waals surface area contributed by atoms with Crippen molar-refractivity contribution in [2.24, 2.45) is 5.92 Å². The molecule has 0 aromatic heterocycles. The summed E-state index contributed by atoms with van der Waals surface area (Å²) in [5.74, 6) is -0.605. The molecule has 0 saturated carbocycles. The Morgan fingerprint density at radius 2 is 1.00 bits per heavy atom. The van der Waals surface area contributed by atoms with Crippen LogP contribution >= 0.6 is 0 Å². The monoisotopic (exact) mass is 1290 g/mol. The SMILES string of the molecule is CC(=O)N1CC2(CCN(CC3CCCOC3)CC2)c2cc(F)ccc21.CCOC(=O)N1CCC(N2CCC3(CC2)CN(C(=O)c2ccc(F)cc2)c2ccc(F)cc23)CC1.COCCOC(=O)N1C2CCC1CC(N1CCC3(CC1)CN(C(C)=O)c1ccc(F)cc13)C2. The van der Waals surface area contributed by atoms with Crippen LogP contribution in [0.15, 0.2) is 78.9 Å². The van der Waals surface area contributed by atoms with Crippen LogP contribution in [0.2, 0.25) is 0 Å². The summed E-state index contributed by atoms with van der Waals surface area (Å²) in [6.45, 7) is 17.8. The Balaban J connectivity index is 0.000000136. The predicted octanol–water partition coefficient (Wildman–Crippen LogP) is 10.8. The Bertz CT molecular complexity index is 3330. The van der Waals surface area contributed by atoms with Crippen molar-refractivity contribution in [1.82, 2.24) is 24.5 Å². The lowest BCUT2D eigenvalue weighted by Gasteiger charge is -2.47. The molecule has 3 spiro atoms. The zero-order valence-corrected chi connectivity index (χ0v) is 54.6. The zero-order chi connectivity index (χ0) is 65.2. The predicted molar refractivity (Wildman–Crippen MR) is 346 cm³/mol. The average molecular weight is 1290 g/mol. The molecule has 10 heterocycles. The van der Waals surface area contributed by atoms with Gasteiger partial charge in [-0.05, 0) is 238 Å². The van der Waals surface area contributed by atoms with Gasteiger partial charge in [0.2, 0.25) is 11.8 Å². The summed E-state index contributed by atoms with van der Waals surface area (Å²) < 4.78 is 76.8. The molecular weight excluding hydrogens is 1200 g/mol. The molecule has 0 radical (unpaired) electrons. The van der Waals surface area contributed by atoms with Crippen LogP contribution in [0.5, 0.6) is 0 Å². The van der Waals surface area contributed by atoms with Crippen LogP contribution in [-0.4, -0.2) is 197 Å². The lowest BCUT2D eigenvalue weighted by atomic mass is 9.73. The number of amides is 5. The van der Waals surface area contributed by atoms with Gasteiger partial charge in [-0.25, -0.2) is 27.2 Å². The third-order valence-electron chi connectivity index (χ3n) is 22.5. The molecule has 10 aliphatic heterocycles. The first-order valence-electron chi connectivity index (χ1n) is 34.1. The fourth-order valence-corrected chi connectivity index (χ4v) is 17.5. The minimum absolute atomic E-state index is 0.0171. The maximum Gasteiger partial charge on any atom is 0.410 e. The fraction of sp³-hybridized carbons (Fsp3) is 0.597. The minimum atomic E-state index is -0.387. The summed E-state index contributed by atoms with van der Waals surface area (Å²) in [5.41, 5.74) is 5.32. The second-order valence-corrected chi connectivity index (χ2v) is 27.8. The van der Waals surface area contributed by atoms with Crippen molar-refractivity contribution >= 4 is 47.0 Å². The van der Waals surface area contributed by atoms with E-state index in [1.165, 1.54) is 55.3 Å². The van der Waals surface area contributed by atoms with E-state index in [0.717, 1.165) is 170 Å². The van der Waals surface area contributed by atoms with Gasteiger partial charge in [-0.2, -0.15) is 0 Å². The second kappa shape index (κ2) is 28.4. The maximum absolute atomic E-state index is 14.3. The molecule has 7 fully saturated rings. The molecule has 5 amide bonds. The summed E-state index contributed by atoms with van der Waals surface area (Å²) in [6, 6.07) is 21.3. The number of carbonyl (C=O) groups is 5. The van der Waals surface area contributed by atoms with E-state index in [-0.39, 0.29) is 81.5 Å². The molecule has 7 saturated heterocycles. The molecule has 93 heavy (non-hydrogen) atoms. The number of nitrogens with zero attached hydrogens (tertiary/aromatic N) is 8. The number of piperidine rings is 5. The van der Waals surface area contributed by atoms with Gasteiger partial charge >= 0.3 is 12.2 Å². The van der Waals surface area contributed by atoms with Crippen molar-refractivity contribution in [2.75, 3.05) is 133 Å². The van der Waals surface area contributed by atoms with Gasteiger partial charge in [0, 0.05) is 130 Å². The Hall–Kier alpha value is -6.65. The van der Waals surface area contributed by atoms with Crippen LogP contribution in [0.1, 0.15) is 138 Å². The van der Waals surface area contributed by atoms with Crippen molar-refractivity contribution < 1.29 is 60.5 Å². The summed E-state index contributed by atoms with van der Waals surface area (Å²) in [4.78, 5) is 78.9. The second-order valence-electron chi connectivity index (χ2n) is 27.8. The standard InChI is InChI=1S/C27H31F2N3O3.C25H34FN3O4.C20H27FN2O2/c1-2-35-26(34)31-13-9-22(10-14-31)30-15-11-27(12-16-30)18-32(24-8-7-21(29)17-23(24)27)25(33)19-3-5-20(28)6-4-19;1-17(30)28-16-25(22-13-18(26)3-6-23(22)28)7-9-27(10-8-25)21-14-19-4-5-20(15-21)29(19)24(31)33-12-11-32-2;1-15(24)23-14-20(18-11-17(21)4-5-19(18)23)6-8-22(9-7-20)12-16-3-2-10-25-13-16/h3-8,17,22H,2,9-16,18H2,1H3;3,6,13,19-21H,4-5,7-12,14-16H2,1-2H3;4-5,11,16H,2-3,6-10,12-14H2,1H3. The highest BCUT2D eigenvalue weighted by Gasteiger charge is 2.52. The normalized spacial score (nSPS) is 24.6. The van der Waals surface area contributed by atoms with E-state index >= 15 is 0 Å². The van der Waals surface area contributed by atoms with Crippen molar-refractivity contribution in [1.29, 1.82) is 0 Å². The third kappa shape index (κ3) is 13.9. The van der Waals surface area contributed by atoms with Gasteiger partial charge in [0.1, 0.15) is 29.9 Å². The summed E-state index contributed by atoms with van der Waals surface area (Å²) in [5, 5.41) is 0. The van der Waals surface area contributed by atoms with Crippen LogP contribution in [0, 0.1) is 29.2 Å². The smallest absolute Gasteiger partial charge is 0.410 e. The first-order valence-corrected chi connectivity index (χ1v) is 34.1. The molecule has 502 valence electrons. The third-order valence-corrected chi connectivity index (χ3v) is 22.5. The summed E-state index contributed by atoms with van der Waals surface area (Å²) in [6.07, 6.45) is 13.3. The Morgan fingerprint density at radius 3 is 1.47 bits per heavy atom. The van der Waals surface area contributed by atoms with Gasteiger partial charge in [0.25, 0.3) is 5.91 Å². The minimum Gasteiger partial charge on any atom is -0.450 e. The van der Waals surface area contributed by atoms with E-state index in [1.54, 1.807) is 67.2 Å². The van der Waals surface area contributed by atoms with Gasteiger partial charge in [-0.1, -0.05) is 0 Å². The highest BCUT2D eigenvalue weighted by Crippen LogP contribution is 2.52. The van der Waals surface area contributed by atoms with Gasteiger partial charge in [0.15, 0.2) is 0 Å². The number of methoxy groups -OCH3 is 1. The summed E-state index contributed by atoms with van der Waals surface area (Å²) >= 11 is 0. The lowest BCUT2D eigenvalue weighted by Crippen LogP contribution is -2.55. The molecular formula is C72H92F4N8O9. The first kappa shape index (κ1) is 66.4. The van der Waals surface area contributed by atoms with Gasteiger partial charge in [-0.3, -0.25) is 14.4 Å². The number of fused-ring (bicyclic) bond motifs is 8. The highest BCUT2D eigenvalue weighted by atomic mass is 19.1. The van der Waals surface area contributed by atoms with E-state index in [0.29, 0.717) is 76.1 Å². The number of hydrogen-bond donors (Lipinski definition) is 0. The zero-order valence-electron chi connectivity index (χ0n) is 54.6. The van der Waals surface area contributed by atoms with Crippen LogP contribution in [0.3, 0.4) is 0 Å². The van der Waals surface area contributed by atoms with Crippen LogP contribution in [0.25, 0.3) is 0 Å². The van der Waals surface area contributed by atoms with Crippen molar-refractivity contribution in [3.8, 4) is 0 Å². The number of likely N-dealkylation sites (tertiary alicyclic amines) is 4. The number of ether oxygens (including phenoxy) is 4. The number of halogens is 4. The van der Waals surface area contributed by atoms with Gasteiger partial charge in [-0.15, -0.1) is 0 Å². The van der Waals surface area contributed by atoms with E-state index in [2.05, 4.69) is 14.7 Å².